The summed E-state index contributed by atoms with van der Waals surface area (Å²) in [5, 5.41) is 3.41. The molecule has 1 N–H and O–H groups in total. The van der Waals surface area contributed by atoms with Crippen molar-refractivity contribution in [3.8, 4) is 0 Å². The van der Waals surface area contributed by atoms with Crippen molar-refractivity contribution in [2.75, 3.05) is 19.6 Å². The maximum absolute atomic E-state index is 12.6. The molecule has 2 aliphatic rings. The standard InChI is InChI=1S/C18H26N2O/c21-18(9-6-15-4-2-1-3-5-15)20(17-7-8-17)14-16-10-12-19-13-11-16/h1-5,16-17,19H,6-14H2. The van der Waals surface area contributed by atoms with E-state index in [1.54, 1.807) is 0 Å². The van der Waals surface area contributed by atoms with Gasteiger partial charge in [0.1, 0.15) is 0 Å². The number of nitrogens with one attached hydrogen (secondary N) is 1. The van der Waals surface area contributed by atoms with Gasteiger partial charge in [0, 0.05) is 19.0 Å². The van der Waals surface area contributed by atoms with E-state index in [2.05, 4.69) is 22.3 Å². The molecule has 1 aromatic rings. The molecule has 1 aliphatic heterocycles. The summed E-state index contributed by atoms with van der Waals surface area (Å²) in [6.07, 6.45) is 6.38. The second kappa shape index (κ2) is 7.08. The van der Waals surface area contributed by atoms with Gasteiger partial charge in [0.05, 0.1) is 0 Å². The molecule has 1 aliphatic carbocycles. The SMILES string of the molecule is O=C(CCc1ccccc1)N(CC1CCNCC1)C1CC1. The van der Waals surface area contributed by atoms with Crippen molar-refractivity contribution in [2.24, 2.45) is 5.92 Å². The number of carbonyl (C=O) groups is 1. The van der Waals surface area contributed by atoms with Crippen LogP contribution in [0.4, 0.5) is 0 Å². The molecule has 1 amide bonds. The number of amides is 1. The van der Waals surface area contributed by atoms with Gasteiger partial charge in [-0.05, 0) is 56.7 Å². The summed E-state index contributed by atoms with van der Waals surface area (Å²) < 4.78 is 0. The number of nitrogens with zero attached hydrogens (tertiary/aromatic N) is 1. The first kappa shape index (κ1) is 14.6. The number of rotatable bonds is 6. The molecule has 0 unspecified atom stereocenters. The number of piperidine rings is 1. The normalized spacial score (nSPS) is 19.4. The lowest BCUT2D eigenvalue weighted by Gasteiger charge is -2.30. The molecular formula is C18H26N2O. The molecule has 3 rings (SSSR count). The fourth-order valence-electron chi connectivity index (χ4n) is 3.22. The van der Waals surface area contributed by atoms with E-state index in [0.717, 1.165) is 26.1 Å². The molecule has 1 aromatic carbocycles. The largest absolute Gasteiger partial charge is 0.339 e. The predicted molar refractivity (Wildman–Crippen MR) is 85.1 cm³/mol. The Bertz CT molecular complexity index is 450. The first-order valence-corrected chi connectivity index (χ1v) is 8.37. The quantitative estimate of drug-likeness (QED) is 0.872. The first-order valence-electron chi connectivity index (χ1n) is 8.37. The van der Waals surface area contributed by atoms with Crippen LogP contribution in [0.25, 0.3) is 0 Å². The molecule has 3 heteroatoms. The Hall–Kier alpha value is -1.35. The minimum absolute atomic E-state index is 0.361. The Kier molecular flexibility index (Phi) is 4.91. The zero-order valence-electron chi connectivity index (χ0n) is 12.8. The highest BCUT2D eigenvalue weighted by Crippen LogP contribution is 2.29. The van der Waals surface area contributed by atoms with Crippen LogP contribution < -0.4 is 5.32 Å². The Morgan fingerprint density at radius 2 is 1.81 bits per heavy atom. The minimum atomic E-state index is 0.361. The molecule has 1 heterocycles. The van der Waals surface area contributed by atoms with Gasteiger partial charge >= 0.3 is 0 Å². The maximum Gasteiger partial charge on any atom is 0.223 e. The smallest absolute Gasteiger partial charge is 0.223 e. The Labute approximate surface area is 127 Å². The monoisotopic (exact) mass is 286 g/mol. The topological polar surface area (TPSA) is 32.3 Å². The molecular weight excluding hydrogens is 260 g/mol. The Balaban J connectivity index is 1.52. The number of hydrogen-bond acceptors (Lipinski definition) is 2. The predicted octanol–water partition coefficient (Wildman–Crippen LogP) is 2.61. The highest BCUT2D eigenvalue weighted by atomic mass is 16.2. The van der Waals surface area contributed by atoms with Gasteiger partial charge in [-0.1, -0.05) is 30.3 Å². The summed E-state index contributed by atoms with van der Waals surface area (Å²) in [5.74, 6) is 1.06. The third-order valence-corrected chi connectivity index (χ3v) is 4.69. The molecule has 0 radical (unpaired) electrons. The third kappa shape index (κ3) is 4.31. The molecule has 3 nitrogen and oxygen atoms in total. The van der Waals surface area contributed by atoms with Crippen LogP contribution in [0.15, 0.2) is 30.3 Å². The molecule has 1 saturated heterocycles. The summed E-state index contributed by atoms with van der Waals surface area (Å²) in [5.41, 5.74) is 1.27. The molecule has 0 atom stereocenters. The highest BCUT2D eigenvalue weighted by molar-refractivity contribution is 5.77. The summed E-state index contributed by atoms with van der Waals surface area (Å²) in [6, 6.07) is 10.9. The van der Waals surface area contributed by atoms with Crippen molar-refractivity contribution in [1.82, 2.24) is 10.2 Å². The molecule has 0 spiro atoms. The van der Waals surface area contributed by atoms with Crippen molar-refractivity contribution < 1.29 is 4.79 Å². The second-order valence-electron chi connectivity index (χ2n) is 6.46. The lowest BCUT2D eigenvalue weighted by Crippen LogP contribution is -2.40. The number of aryl methyl sites for hydroxylation is 1. The van der Waals surface area contributed by atoms with E-state index in [1.165, 1.54) is 31.2 Å². The number of benzene rings is 1. The summed E-state index contributed by atoms with van der Waals surface area (Å²) in [4.78, 5) is 14.8. The second-order valence-corrected chi connectivity index (χ2v) is 6.46. The van der Waals surface area contributed by atoms with E-state index in [0.29, 0.717) is 24.3 Å². The zero-order chi connectivity index (χ0) is 14.5. The van der Waals surface area contributed by atoms with E-state index in [9.17, 15) is 4.79 Å². The Morgan fingerprint density at radius 3 is 2.48 bits per heavy atom. The van der Waals surface area contributed by atoms with Crippen LogP contribution in [0.5, 0.6) is 0 Å². The van der Waals surface area contributed by atoms with Crippen molar-refractivity contribution in [3.05, 3.63) is 35.9 Å². The number of hydrogen-bond donors (Lipinski definition) is 1. The average Bonchev–Trinajstić information content (AvgIpc) is 3.37. The van der Waals surface area contributed by atoms with E-state index >= 15 is 0 Å². The van der Waals surface area contributed by atoms with Crippen LogP contribution in [0.3, 0.4) is 0 Å². The van der Waals surface area contributed by atoms with Gasteiger partial charge in [-0.3, -0.25) is 4.79 Å². The molecule has 2 fully saturated rings. The first-order chi connectivity index (χ1) is 10.3. The number of carbonyl (C=O) groups excluding carboxylic acids is 1. The van der Waals surface area contributed by atoms with Gasteiger partial charge in [0.25, 0.3) is 0 Å². The third-order valence-electron chi connectivity index (χ3n) is 4.69. The van der Waals surface area contributed by atoms with Crippen LogP contribution in [-0.2, 0) is 11.2 Å². The van der Waals surface area contributed by atoms with Crippen LogP contribution in [0, 0.1) is 5.92 Å². The van der Waals surface area contributed by atoms with Crippen molar-refractivity contribution in [1.29, 1.82) is 0 Å². The van der Waals surface area contributed by atoms with Crippen molar-refractivity contribution in [2.45, 2.75) is 44.6 Å². The lowest BCUT2D eigenvalue weighted by atomic mass is 9.97. The van der Waals surface area contributed by atoms with Gasteiger partial charge in [-0.25, -0.2) is 0 Å². The van der Waals surface area contributed by atoms with Crippen LogP contribution in [0.2, 0.25) is 0 Å². The average molecular weight is 286 g/mol. The fraction of sp³-hybridized carbons (Fsp3) is 0.611. The van der Waals surface area contributed by atoms with Crippen LogP contribution >= 0.6 is 0 Å². The van der Waals surface area contributed by atoms with E-state index < -0.39 is 0 Å². The Morgan fingerprint density at radius 1 is 1.10 bits per heavy atom. The van der Waals surface area contributed by atoms with Gasteiger partial charge < -0.3 is 10.2 Å². The van der Waals surface area contributed by atoms with Gasteiger partial charge in [0.2, 0.25) is 5.91 Å². The van der Waals surface area contributed by atoms with Gasteiger partial charge in [-0.15, -0.1) is 0 Å². The summed E-state index contributed by atoms with van der Waals surface area (Å²) >= 11 is 0. The lowest BCUT2D eigenvalue weighted by molar-refractivity contribution is -0.132. The summed E-state index contributed by atoms with van der Waals surface area (Å²) in [7, 11) is 0. The molecule has 114 valence electrons. The van der Waals surface area contributed by atoms with Gasteiger partial charge in [-0.2, -0.15) is 0 Å². The van der Waals surface area contributed by atoms with E-state index in [4.69, 9.17) is 0 Å². The molecule has 0 bridgehead atoms. The summed E-state index contributed by atoms with van der Waals surface area (Å²) in [6.45, 7) is 3.21. The van der Waals surface area contributed by atoms with Crippen LogP contribution in [0.1, 0.15) is 37.7 Å². The van der Waals surface area contributed by atoms with Crippen molar-refractivity contribution >= 4 is 5.91 Å². The maximum atomic E-state index is 12.6. The highest BCUT2D eigenvalue weighted by Gasteiger charge is 2.33. The van der Waals surface area contributed by atoms with E-state index in [1.807, 2.05) is 18.2 Å². The fourth-order valence-corrected chi connectivity index (χ4v) is 3.22. The molecule has 1 saturated carbocycles. The molecule has 21 heavy (non-hydrogen) atoms. The van der Waals surface area contributed by atoms with Gasteiger partial charge in [0.15, 0.2) is 0 Å². The minimum Gasteiger partial charge on any atom is -0.339 e. The van der Waals surface area contributed by atoms with E-state index in [-0.39, 0.29) is 0 Å². The zero-order valence-corrected chi connectivity index (χ0v) is 12.8. The van der Waals surface area contributed by atoms with Crippen LogP contribution in [-0.4, -0.2) is 36.5 Å². The molecule has 0 aromatic heterocycles. The van der Waals surface area contributed by atoms with Crippen molar-refractivity contribution in [3.63, 3.8) is 0 Å².